The highest BCUT2D eigenvalue weighted by molar-refractivity contribution is 6.05. The summed E-state index contributed by atoms with van der Waals surface area (Å²) in [7, 11) is 1.55. The standard InChI is InChI=1S/C28H22N2O4/c1-32-26-16-21(12-14-25(26)33-18-19-8-4-2-5-9-19)27(31)29-22-13-15-24-23(17-22)30-28(34-24)20-10-6-3-7-11-20/h2-17H,18H2,1H3,(H,29,31). The third-order valence-corrected chi connectivity index (χ3v) is 5.33. The van der Waals surface area contributed by atoms with E-state index in [9.17, 15) is 4.79 Å². The summed E-state index contributed by atoms with van der Waals surface area (Å²) in [5.74, 6) is 1.33. The van der Waals surface area contributed by atoms with Crippen molar-refractivity contribution in [2.24, 2.45) is 0 Å². The number of hydrogen-bond acceptors (Lipinski definition) is 5. The van der Waals surface area contributed by atoms with Gasteiger partial charge in [-0.1, -0.05) is 48.5 Å². The molecule has 6 heteroatoms. The molecular weight excluding hydrogens is 428 g/mol. The summed E-state index contributed by atoms with van der Waals surface area (Å²) in [4.78, 5) is 17.4. The third kappa shape index (κ3) is 4.61. The van der Waals surface area contributed by atoms with Crippen LogP contribution in [0.3, 0.4) is 0 Å². The van der Waals surface area contributed by atoms with Gasteiger partial charge in [-0.05, 0) is 54.1 Å². The summed E-state index contributed by atoms with van der Waals surface area (Å²) in [6.45, 7) is 0.408. The van der Waals surface area contributed by atoms with Crippen LogP contribution < -0.4 is 14.8 Å². The lowest BCUT2D eigenvalue weighted by Gasteiger charge is -2.12. The molecule has 0 aliphatic heterocycles. The Morgan fingerprint density at radius 3 is 2.41 bits per heavy atom. The average molecular weight is 450 g/mol. The second-order valence-electron chi connectivity index (χ2n) is 7.66. The zero-order chi connectivity index (χ0) is 23.3. The first-order valence-corrected chi connectivity index (χ1v) is 10.8. The number of nitrogens with one attached hydrogen (secondary N) is 1. The molecule has 0 atom stereocenters. The fourth-order valence-electron chi connectivity index (χ4n) is 3.58. The van der Waals surface area contributed by atoms with E-state index in [2.05, 4.69) is 10.3 Å². The molecule has 0 unspecified atom stereocenters. The number of nitrogens with zero attached hydrogens (tertiary/aromatic N) is 1. The molecule has 5 rings (SSSR count). The van der Waals surface area contributed by atoms with E-state index in [4.69, 9.17) is 13.9 Å². The maximum Gasteiger partial charge on any atom is 0.255 e. The van der Waals surface area contributed by atoms with Crippen molar-refractivity contribution >= 4 is 22.7 Å². The molecule has 168 valence electrons. The average Bonchev–Trinajstić information content (AvgIpc) is 3.32. The van der Waals surface area contributed by atoms with Crippen LogP contribution in [0, 0.1) is 0 Å². The van der Waals surface area contributed by atoms with Crippen molar-refractivity contribution in [2.75, 3.05) is 12.4 Å². The Labute approximate surface area is 196 Å². The number of fused-ring (bicyclic) bond motifs is 1. The first-order valence-electron chi connectivity index (χ1n) is 10.8. The van der Waals surface area contributed by atoms with E-state index in [1.807, 2.05) is 60.7 Å². The van der Waals surface area contributed by atoms with Crippen molar-refractivity contribution in [3.05, 3.63) is 108 Å². The summed E-state index contributed by atoms with van der Waals surface area (Å²) in [6.07, 6.45) is 0. The van der Waals surface area contributed by atoms with E-state index in [1.165, 1.54) is 0 Å². The smallest absolute Gasteiger partial charge is 0.255 e. The van der Waals surface area contributed by atoms with Crippen LogP contribution in [0.5, 0.6) is 11.5 Å². The van der Waals surface area contributed by atoms with Gasteiger partial charge in [0.15, 0.2) is 17.1 Å². The summed E-state index contributed by atoms with van der Waals surface area (Å²) < 4.78 is 17.2. The minimum Gasteiger partial charge on any atom is -0.493 e. The lowest BCUT2D eigenvalue weighted by atomic mass is 10.1. The normalized spacial score (nSPS) is 10.7. The molecule has 34 heavy (non-hydrogen) atoms. The SMILES string of the molecule is COc1cc(C(=O)Nc2ccc3oc(-c4ccccc4)nc3c2)ccc1OCc1ccccc1. The van der Waals surface area contributed by atoms with Crippen LogP contribution >= 0.6 is 0 Å². The molecule has 5 aromatic rings. The number of hydrogen-bond donors (Lipinski definition) is 1. The van der Waals surface area contributed by atoms with Gasteiger partial charge in [-0.15, -0.1) is 0 Å². The van der Waals surface area contributed by atoms with Gasteiger partial charge in [0.05, 0.1) is 7.11 Å². The lowest BCUT2D eigenvalue weighted by molar-refractivity contribution is 0.102. The number of anilines is 1. The predicted molar refractivity (Wildman–Crippen MR) is 131 cm³/mol. The Balaban J connectivity index is 1.31. The molecule has 1 aromatic heterocycles. The summed E-state index contributed by atoms with van der Waals surface area (Å²) in [5.41, 5.74) is 4.33. The number of carbonyl (C=O) groups excluding carboxylic acids is 1. The van der Waals surface area contributed by atoms with Gasteiger partial charge < -0.3 is 19.2 Å². The molecule has 0 bridgehead atoms. The molecule has 0 saturated carbocycles. The van der Waals surface area contributed by atoms with Crippen molar-refractivity contribution in [3.63, 3.8) is 0 Å². The highest BCUT2D eigenvalue weighted by Gasteiger charge is 2.14. The van der Waals surface area contributed by atoms with Gasteiger partial charge in [-0.2, -0.15) is 0 Å². The first-order chi connectivity index (χ1) is 16.7. The number of aromatic nitrogens is 1. The lowest BCUT2D eigenvalue weighted by Crippen LogP contribution is -2.12. The fraction of sp³-hybridized carbons (Fsp3) is 0.0714. The maximum absolute atomic E-state index is 12.9. The Bertz CT molecular complexity index is 1430. The van der Waals surface area contributed by atoms with Crippen LogP contribution in [0.25, 0.3) is 22.6 Å². The summed E-state index contributed by atoms with van der Waals surface area (Å²) >= 11 is 0. The summed E-state index contributed by atoms with van der Waals surface area (Å²) in [5, 5.41) is 2.91. The second kappa shape index (κ2) is 9.50. The molecule has 0 spiro atoms. The van der Waals surface area contributed by atoms with Crippen LogP contribution in [0.4, 0.5) is 5.69 Å². The number of amides is 1. The first kappa shape index (κ1) is 21.3. The highest BCUT2D eigenvalue weighted by atomic mass is 16.5. The quantitative estimate of drug-likeness (QED) is 0.313. The van der Waals surface area contributed by atoms with E-state index in [-0.39, 0.29) is 5.91 Å². The molecule has 0 saturated heterocycles. The van der Waals surface area contributed by atoms with Crippen molar-refractivity contribution < 1.29 is 18.7 Å². The zero-order valence-electron chi connectivity index (χ0n) is 18.5. The molecule has 4 aromatic carbocycles. The van der Waals surface area contributed by atoms with Gasteiger partial charge in [0.2, 0.25) is 5.89 Å². The van der Waals surface area contributed by atoms with Crippen molar-refractivity contribution in [1.29, 1.82) is 0 Å². The number of methoxy groups -OCH3 is 1. The number of benzene rings is 4. The van der Waals surface area contributed by atoms with E-state index in [0.29, 0.717) is 46.3 Å². The van der Waals surface area contributed by atoms with Crippen molar-refractivity contribution in [3.8, 4) is 23.0 Å². The molecule has 0 fully saturated rings. The Kier molecular flexibility index (Phi) is 5.95. The van der Waals surface area contributed by atoms with Gasteiger partial charge in [0, 0.05) is 16.8 Å². The minimum atomic E-state index is -0.265. The van der Waals surface area contributed by atoms with Gasteiger partial charge in [0.25, 0.3) is 5.91 Å². The van der Waals surface area contributed by atoms with Crippen LogP contribution in [0.2, 0.25) is 0 Å². The third-order valence-electron chi connectivity index (χ3n) is 5.33. The minimum absolute atomic E-state index is 0.265. The van der Waals surface area contributed by atoms with Gasteiger partial charge in [-0.25, -0.2) is 4.98 Å². The monoisotopic (exact) mass is 450 g/mol. The fourth-order valence-corrected chi connectivity index (χ4v) is 3.58. The molecule has 1 amide bonds. The van der Waals surface area contributed by atoms with Crippen molar-refractivity contribution in [1.82, 2.24) is 4.98 Å². The second-order valence-corrected chi connectivity index (χ2v) is 7.66. The molecule has 1 N–H and O–H groups in total. The molecule has 0 radical (unpaired) electrons. The Morgan fingerprint density at radius 2 is 1.65 bits per heavy atom. The highest BCUT2D eigenvalue weighted by Crippen LogP contribution is 2.30. The van der Waals surface area contributed by atoms with Gasteiger partial charge >= 0.3 is 0 Å². The van der Waals surface area contributed by atoms with Crippen LogP contribution in [0.1, 0.15) is 15.9 Å². The van der Waals surface area contributed by atoms with Crippen molar-refractivity contribution in [2.45, 2.75) is 6.61 Å². The number of rotatable bonds is 7. The summed E-state index contributed by atoms with van der Waals surface area (Å²) in [6, 6.07) is 30.0. The Morgan fingerprint density at radius 1 is 0.882 bits per heavy atom. The Hall–Kier alpha value is -4.58. The van der Waals surface area contributed by atoms with Gasteiger partial charge in [0.1, 0.15) is 12.1 Å². The molecule has 0 aliphatic rings. The van der Waals surface area contributed by atoms with Crippen LogP contribution in [-0.4, -0.2) is 18.0 Å². The number of ether oxygens (including phenoxy) is 2. The van der Waals surface area contributed by atoms with Crippen LogP contribution in [0.15, 0.2) is 101 Å². The molecule has 0 aliphatic carbocycles. The maximum atomic E-state index is 12.9. The van der Waals surface area contributed by atoms with Gasteiger partial charge in [-0.3, -0.25) is 4.79 Å². The van der Waals surface area contributed by atoms with E-state index >= 15 is 0 Å². The number of oxazole rings is 1. The largest absolute Gasteiger partial charge is 0.493 e. The van der Waals surface area contributed by atoms with E-state index in [0.717, 1.165) is 11.1 Å². The molecule has 6 nitrogen and oxygen atoms in total. The van der Waals surface area contributed by atoms with E-state index < -0.39 is 0 Å². The van der Waals surface area contributed by atoms with Crippen LogP contribution in [-0.2, 0) is 6.61 Å². The molecular formula is C28H22N2O4. The van der Waals surface area contributed by atoms with E-state index in [1.54, 1.807) is 43.5 Å². The zero-order valence-corrected chi connectivity index (χ0v) is 18.5. The molecule has 1 heterocycles. The number of carbonyl (C=O) groups is 1. The predicted octanol–water partition coefficient (Wildman–Crippen LogP) is 6.33. The topological polar surface area (TPSA) is 73.6 Å².